The quantitative estimate of drug-likeness (QED) is 0.747. The van der Waals surface area contributed by atoms with Crippen LogP contribution in [0.2, 0.25) is 0 Å². The van der Waals surface area contributed by atoms with E-state index in [0.29, 0.717) is 0 Å². The Hall–Kier alpha value is -2.38. The second-order valence-corrected chi connectivity index (χ2v) is 5.71. The van der Waals surface area contributed by atoms with Crippen molar-refractivity contribution < 1.29 is 23.1 Å². The first-order chi connectivity index (χ1) is 9.99. The van der Waals surface area contributed by atoms with Crippen molar-refractivity contribution >= 4 is 23.4 Å². The lowest BCUT2D eigenvalue weighted by atomic mass is 10.2. The molecule has 0 unspecified atom stereocenters. The zero-order valence-electron chi connectivity index (χ0n) is 12.8. The van der Waals surface area contributed by atoms with Gasteiger partial charge in [-0.15, -0.1) is 0 Å². The lowest BCUT2D eigenvalue weighted by molar-refractivity contribution is -0.117. The van der Waals surface area contributed by atoms with Crippen LogP contribution in [0.3, 0.4) is 0 Å². The molecule has 0 saturated heterocycles. The van der Waals surface area contributed by atoms with Crippen LogP contribution in [0.5, 0.6) is 0 Å². The molecule has 8 heteroatoms. The molecular weight excluding hydrogens is 296 g/mol. The van der Waals surface area contributed by atoms with E-state index in [4.69, 9.17) is 10.5 Å². The Labute approximate surface area is 127 Å². The molecule has 0 saturated carbocycles. The average molecular weight is 315 g/mol. The van der Waals surface area contributed by atoms with Gasteiger partial charge in [-0.1, -0.05) is 0 Å². The van der Waals surface area contributed by atoms with Crippen molar-refractivity contribution in [2.24, 2.45) is 0 Å². The summed E-state index contributed by atoms with van der Waals surface area (Å²) in [6.45, 7) is 6.45. The SMILES string of the molecule is C[C@H](NC(=O)OC(C)(C)C)C(=O)Nc1cc(F)c(F)cc1N. The first kappa shape index (κ1) is 17.7. The lowest BCUT2D eigenvalue weighted by Crippen LogP contribution is -2.44. The maximum Gasteiger partial charge on any atom is 0.408 e. The number of nitrogens with two attached hydrogens (primary N) is 1. The predicted octanol–water partition coefficient (Wildman–Crippen LogP) is 2.40. The third kappa shape index (κ3) is 5.19. The Bertz CT molecular complexity index is 585. The first-order valence-electron chi connectivity index (χ1n) is 6.54. The molecular formula is C14H19F2N3O3. The largest absolute Gasteiger partial charge is 0.444 e. The normalized spacial score (nSPS) is 12.5. The van der Waals surface area contributed by atoms with Gasteiger partial charge in [0.2, 0.25) is 5.91 Å². The Morgan fingerprint density at radius 1 is 1.23 bits per heavy atom. The molecule has 0 aliphatic heterocycles. The summed E-state index contributed by atoms with van der Waals surface area (Å²) in [6, 6.07) is 0.571. The number of amides is 2. The molecule has 1 aromatic carbocycles. The van der Waals surface area contributed by atoms with E-state index >= 15 is 0 Å². The van der Waals surface area contributed by atoms with Gasteiger partial charge in [0.1, 0.15) is 11.6 Å². The van der Waals surface area contributed by atoms with Crippen LogP contribution in [0, 0.1) is 11.6 Å². The smallest absolute Gasteiger partial charge is 0.408 e. The summed E-state index contributed by atoms with van der Waals surface area (Å²) in [6.07, 6.45) is -0.770. The number of carbonyl (C=O) groups excluding carboxylic acids is 2. The molecule has 0 heterocycles. The fraction of sp³-hybridized carbons (Fsp3) is 0.429. The summed E-state index contributed by atoms with van der Waals surface area (Å²) >= 11 is 0. The average Bonchev–Trinajstić information content (AvgIpc) is 2.33. The molecule has 0 fully saturated rings. The molecule has 122 valence electrons. The summed E-state index contributed by atoms with van der Waals surface area (Å²) in [7, 11) is 0. The van der Waals surface area contributed by atoms with Crippen molar-refractivity contribution in [2.75, 3.05) is 11.1 Å². The highest BCUT2D eigenvalue weighted by Crippen LogP contribution is 2.22. The van der Waals surface area contributed by atoms with Gasteiger partial charge in [0.25, 0.3) is 0 Å². The lowest BCUT2D eigenvalue weighted by Gasteiger charge is -2.21. The Balaban J connectivity index is 2.69. The van der Waals surface area contributed by atoms with Crippen molar-refractivity contribution in [3.05, 3.63) is 23.8 Å². The summed E-state index contributed by atoms with van der Waals surface area (Å²) in [5, 5.41) is 4.63. The van der Waals surface area contributed by atoms with Crippen LogP contribution in [0.4, 0.5) is 25.0 Å². The van der Waals surface area contributed by atoms with Gasteiger partial charge in [-0.05, 0) is 27.7 Å². The highest BCUT2D eigenvalue weighted by atomic mass is 19.2. The molecule has 2 amide bonds. The maximum absolute atomic E-state index is 13.1. The third-order valence-corrected chi connectivity index (χ3v) is 2.48. The first-order valence-corrected chi connectivity index (χ1v) is 6.54. The number of benzene rings is 1. The molecule has 1 atom stereocenters. The van der Waals surface area contributed by atoms with Crippen LogP contribution < -0.4 is 16.4 Å². The molecule has 0 aromatic heterocycles. The number of alkyl carbamates (subject to hydrolysis) is 1. The van der Waals surface area contributed by atoms with Gasteiger partial charge in [0, 0.05) is 12.1 Å². The number of hydrogen-bond acceptors (Lipinski definition) is 4. The van der Waals surface area contributed by atoms with Crippen LogP contribution in [-0.2, 0) is 9.53 Å². The van der Waals surface area contributed by atoms with Crippen molar-refractivity contribution in [3.63, 3.8) is 0 Å². The number of carbonyl (C=O) groups is 2. The fourth-order valence-corrected chi connectivity index (χ4v) is 1.46. The molecule has 6 nitrogen and oxygen atoms in total. The van der Waals surface area contributed by atoms with Gasteiger partial charge >= 0.3 is 6.09 Å². The number of hydrogen-bond donors (Lipinski definition) is 3. The minimum absolute atomic E-state index is 0.0817. The van der Waals surface area contributed by atoms with E-state index in [1.165, 1.54) is 6.92 Å². The number of anilines is 2. The zero-order valence-corrected chi connectivity index (χ0v) is 12.8. The van der Waals surface area contributed by atoms with Gasteiger partial charge in [0.15, 0.2) is 11.6 Å². The molecule has 4 N–H and O–H groups in total. The molecule has 0 aliphatic rings. The van der Waals surface area contributed by atoms with Crippen LogP contribution in [0.15, 0.2) is 12.1 Å². The zero-order chi connectivity index (χ0) is 17.1. The van der Waals surface area contributed by atoms with E-state index < -0.39 is 35.3 Å². The van der Waals surface area contributed by atoms with Gasteiger partial charge in [-0.3, -0.25) is 4.79 Å². The molecule has 1 rings (SSSR count). The van der Waals surface area contributed by atoms with Crippen molar-refractivity contribution in [3.8, 4) is 0 Å². The number of ether oxygens (including phenoxy) is 1. The second-order valence-electron chi connectivity index (χ2n) is 5.71. The van der Waals surface area contributed by atoms with Crippen molar-refractivity contribution in [1.82, 2.24) is 5.32 Å². The van der Waals surface area contributed by atoms with E-state index in [-0.39, 0.29) is 11.4 Å². The van der Waals surface area contributed by atoms with Crippen LogP contribution in [0.25, 0.3) is 0 Å². The van der Waals surface area contributed by atoms with E-state index in [1.807, 2.05) is 0 Å². The Morgan fingerprint density at radius 3 is 2.32 bits per heavy atom. The van der Waals surface area contributed by atoms with Gasteiger partial charge in [-0.2, -0.15) is 0 Å². The van der Waals surface area contributed by atoms with Crippen LogP contribution in [0.1, 0.15) is 27.7 Å². The number of rotatable bonds is 3. The van der Waals surface area contributed by atoms with E-state index in [2.05, 4.69) is 10.6 Å². The predicted molar refractivity (Wildman–Crippen MR) is 78.2 cm³/mol. The summed E-state index contributed by atoms with van der Waals surface area (Å²) in [5.74, 6) is -2.91. The van der Waals surface area contributed by atoms with Crippen molar-refractivity contribution in [1.29, 1.82) is 0 Å². The number of nitrogen functional groups attached to an aromatic ring is 1. The van der Waals surface area contributed by atoms with E-state index in [9.17, 15) is 18.4 Å². The number of halogens is 2. The van der Waals surface area contributed by atoms with Gasteiger partial charge in [-0.25, -0.2) is 13.6 Å². The van der Waals surface area contributed by atoms with Crippen LogP contribution >= 0.6 is 0 Å². The third-order valence-electron chi connectivity index (χ3n) is 2.48. The molecule has 0 aliphatic carbocycles. The van der Waals surface area contributed by atoms with Crippen molar-refractivity contribution in [2.45, 2.75) is 39.3 Å². The van der Waals surface area contributed by atoms with Crippen LogP contribution in [-0.4, -0.2) is 23.6 Å². The van der Waals surface area contributed by atoms with Gasteiger partial charge < -0.3 is 21.1 Å². The minimum atomic E-state index is -1.14. The highest BCUT2D eigenvalue weighted by molar-refractivity contribution is 5.98. The summed E-state index contributed by atoms with van der Waals surface area (Å²) < 4.78 is 31.1. The molecule has 0 spiro atoms. The highest BCUT2D eigenvalue weighted by Gasteiger charge is 2.21. The van der Waals surface area contributed by atoms with E-state index in [0.717, 1.165) is 12.1 Å². The maximum atomic E-state index is 13.1. The Morgan fingerprint density at radius 2 is 1.77 bits per heavy atom. The molecule has 1 aromatic rings. The number of nitrogens with one attached hydrogen (secondary N) is 2. The summed E-state index contributed by atoms with van der Waals surface area (Å²) in [5.41, 5.74) is 4.58. The Kier molecular flexibility index (Phi) is 5.29. The van der Waals surface area contributed by atoms with E-state index in [1.54, 1.807) is 20.8 Å². The second kappa shape index (κ2) is 6.59. The molecule has 0 radical (unpaired) electrons. The summed E-state index contributed by atoms with van der Waals surface area (Å²) in [4.78, 5) is 23.5. The fourth-order valence-electron chi connectivity index (χ4n) is 1.46. The monoisotopic (exact) mass is 315 g/mol. The standard InChI is InChI=1S/C14H19F2N3O3/c1-7(18-13(21)22-14(2,3)4)12(20)19-11-6-9(16)8(15)5-10(11)17/h5-7H,17H2,1-4H3,(H,18,21)(H,19,20)/t7-/m0/s1. The molecule has 22 heavy (non-hydrogen) atoms. The topological polar surface area (TPSA) is 93.4 Å². The van der Waals surface area contributed by atoms with Gasteiger partial charge in [0.05, 0.1) is 11.4 Å². The molecule has 0 bridgehead atoms. The minimum Gasteiger partial charge on any atom is -0.444 e.